The van der Waals surface area contributed by atoms with Crippen LogP contribution < -0.4 is 10.5 Å². The van der Waals surface area contributed by atoms with Crippen LogP contribution in [-0.4, -0.2) is 23.4 Å². The molecule has 0 aliphatic heterocycles. The SMILES string of the molecule is Cc1ccc(OCCSc2ccccc2)c(CC(C)N)n1. The smallest absolute Gasteiger partial charge is 0.140 e. The Morgan fingerprint density at radius 3 is 2.67 bits per heavy atom. The van der Waals surface area contributed by atoms with Gasteiger partial charge in [0, 0.05) is 28.8 Å². The molecule has 1 atom stereocenters. The number of benzene rings is 1. The van der Waals surface area contributed by atoms with E-state index in [-0.39, 0.29) is 6.04 Å². The summed E-state index contributed by atoms with van der Waals surface area (Å²) in [7, 11) is 0. The Balaban J connectivity index is 1.87. The van der Waals surface area contributed by atoms with Crippen molar-refractivity contribution in [1.29, 1.82) is 0 Å². The molecule has 1 aromatic heterocycles. The summed E-state index contributed by atoms with van der Waals surface area (Å²) >= 11 is 1.79. The fourth-order valence-corrected chi connectivity index (χ4v) is 2.76. The normalized spacial score (nSPS) is 12.1. The van der Waals surface area contributed by atoms with Crippen molar-refractivity contribution < 1.29 is 4.74 Å². The minimum atomic E-state index is 0.0837. The largest absolute Gasteiger partial charge is 0.491 e. The summed E-state index contributed by atoms with van der Waals surface area (Å²) in [5.41, 5.74) is 7.82. The third-order valence-corrected chi connectivity index (χ3v) is 3.92. The van der Waals surface area contributed by atoms with Gasteiger partial charge in [-0.25, -0.2) is 0 Å². The van der Waals surface area contributed by atoms with E-state index in [0.717, 1.165) is 29.3 Å². The molecule has 1 unspecified atom stereocenters. The highest BCUT2D eigenvalue weighted by Gasteiger charge is 2.08. The molecule has 2 aromatic rings. The fourth-order valence-electron chi connectivity index (χ4n) is 2.01. The molecule has 2 rings (SSSR count). The van der Waals surface area contributed by atoms with Crippen LogP contribution in [0.25, 0.3) is 0 Å². The second kappa shape index (κ2) is 8.05. The van der Waals surface area contributed by atoms with E-state index in [1.165, 1.54) is 4.90 Å². The van der Waals surface area contributed by atoms with E-state index in [1.54, 1.807) is 11.8 Å². The van der Waals surface area contributed by atoms with Gasteiger partial charge < -0.3 is 10.5 Å². The van der Waals surface area contributed by atoms with E-state index >= 15 is 0 Å². The number of hydrogen-bond donors (Lipinski definition) is 1. The first-order valence-electron chi connectivity index (χ1n) is 7.18. The van der Waals surface area contributed by atoms with Crippen molar-refractivity contribution in [1.82, 2.24) is 4.98 Å². The molecule has 3 nitrogen and oxygen atoms in total. The van der Waals surface area contributed by atoms with E-state index in [9.17, 15) is 0 Å². The molecule has 1 heterocycles. The minimum Gasteiger partial charge on any atom is -0.491 e. The van der Waals surface area contributed by atoms with Crippen LogP contribution in [-0.2, 0) is 6.42 Å². The van der Waals surface area contributed by atoms with Gasteiger partial charge >= 0.3 is 0 Å². The zero-order chi connectivity index (χ0) is 15.1. The molecule has 4 heteroatoms. The van der Waals surface area contributed by atoms with Gasteiger partial charge in [0.1, 0.15) is 5.75 Å². The Hall–Kier alpha value is -1.52. The highest BCUT2D eigenvalue weighted by atomic mass is 32.2. The predicted molar refractivity (Wildman–Crippen MR) is 89.0 cm³/mol. The molecule has 0 amide bonds. The number of ether oxygens (including phenoxy) is 1. The highest BCUT2D eigenvalue weighted by Crippen LogP contribution is 2.20. The number of hydrogen-bond acceptors (Lipinski definition) is 4. The number of pyridine rings is 1. The van der Waals surface area contributed by atoms with Crippen molar-refractivity contribution in [3.8, 4) is 5.75 Å². The van der Waals surface area contributed by atoms with E-state index in [2.05, 4.69) is 17.1 Å². The maximum atomic E-state index is 5.88. The molecule has 0 fully saturated rings. The maximum Gasteiger partial charge on any atom is 0.140 e. The lowest BCUT2D eigenvalue weighted by Gasteiger charge is -2.13. The molecule has 0 saturated carbocycles. The monoisotopic (exact) mass is 302 g/mol. The highest BCUT2D eigenvalue weighted by molar-refractivity contribution is 7.99. The van der Waals surface area contributed by atoms with Crippen molar-refractivity contribution >= 4 is 11.8 Å². The van der Waals surface area contributed by atoms with E-state index < -0.39 is 0 Å². The third-order valence-electron chi connectivity index (χ3n) is 2.94. The number of aromatic nitrogens is 1. The predicted octanol–water partition coefficient (Wildman–Crippen LogP) is 3.45. The summed E-state index contributed by atoms with van der Waals surface area (Å²) in [6.45, 7) is 4.63. The van der Waals surface area contributed by atoms with Crippen molar-refractivity contribution in [3.63, 3.8) is 0 Å². The summed E-state index contributed by atoms with van der Waals surface area (Å²) in [5.74, 6) is 1.77. The summed E-state index contributed by atoms with van der Waals surface area (Å²) in [5, 5.41) is 0. The van der Waals surface area contributed by atoms with Gasteiger partial charge in [-0.3, -0.25) is 4.98 Å². The lowest BCUT2D eigenvalue weighted by molar-refractivity contribution is 0.337. The van der Waals surface area contributed by atoms with Crippen LogP contribution in [0, 0.1) is 6.92 Å². The van der Waals surface area contributed by atoms with E-state index in [4.69, 9.17) is 10.5 Å². The van der Waals surface area contributed by atoms with Gasteiger partial charge in [0.15, 0.2) is 0 Å². The van der Waals surface area contributed by atoms with Crippen molar-refractivity contribution in [2.45, 2.75) is 31.2 Å². The second-order valence-corrected chi connectivity index (χ2v) is 6.26. The first kappa shape index (κ1) is 15.9. The van der Waals surface area contributed by atoms with Crippen molar-refractivity contribution in [3.05, 3.63) is 53.9 Å². The molecule has 21 heavy (non-hydrogen) atoms. The third kappa shape index (κ3) is 5.40. The molecular formula is C17H22N2OS. The second-order valence-electron chi connectivity index (χ2n) is 5.09. The first-order chi connectivity index (χ1) is 10.1. The van der Waals surface area contributed by atoms with Crippen LogP contribution in [0.4, 0.5) is 0 Å². The lowest BCUT2D eigenvalue weighted by Crippen LogP contribution is -2.19. The van der Waals surface area contributed by atoms with Crippen LogP contribution in [0.15, 0.2) is 47.4 Å². The number of thioether (sulfide) groups is 1. The fraction of sp³-hybridized carbons (Fsp3) is 0.353. The van der Waals surface area contributed by atoms with Crippen molar-refractivity contribution in [2.75, 3.05) is 12.4 Å². The number of nitrogens with two attached hydrogens (primary N) is 1. The summed E-state index contributed by atoms with van der Waals surface area (Å²) in [4.78, 5) is 5.80. The molecule has 0 spiro atoms. The van der Waals surface area contributed by atoms with Crippen LogP contribution in [0.2, 0.25) is 0 Å². The van der Waals surface area contributed by atoms with Gasteiger partial charge in [-0.05, 0) is 38.1 Å². The van der Waals surface area contributed by atoms with Crippen LogP contribution >= 0.6 is 11.8 Å². The van der Waals surface area contributed by atoms with Crippen LogP contribution in [0.5, 0.6) is 5.75 Å². The van der Waals surface area contributed by atoms with Gasteiger partial charge in [-0.15, -0.1) is 11.8 Å². The summed E-state index contributed by atoms with van der Waals surface area (Å²) < 4.78 is 5.88. The lowest BCUT2D eigenvalue weighted by atomic mass is 10.1. The van der Waals surface area contributed by atoms with Crippen LogP contribution in [0.1, 0.15) is 18.3 Å². The standard InChI is InChI=1S/C17H22N2OS/c1-13(18)12-16-17(9-8-14(2)19-16)20-10-11-21-15-6-4-3-5-7-15/h3-9,13H,10-12,18H2,1-2H3. The quantitative estimate of drug-likeness (QED) is 0.628. The zero-order valence-electron chi connectivity index (χ0n) is 12.6. The average molecular weight is 302 g/mol. The molecule has 0 bridgehead atoms. The zero-order valence-corrected chi connectivity index (χ0v) is 13.4. The molecule has 1 aromatic carbocycles. The molecule has 2 N–H and O–H groups in total. The molecule has 0 radical (unpaired) electrons. The minimum absolute atomic E-state index is 0.0837. The molecule has 0 aliphatic carbocycles. The van der Waals surface area contributed by atoms with E-state index in [1.807, 2.05) is 44.2 Å². The summed E-state index contributed by atoms with van der Waals surface area (Å²) in [6, 6.07) is 14.4. The van der Waals surface area contributed by atoms with Gasteiger partial charge in [-0.1, -0.05) is 18.2 Å². The maximum absolute atomic E-state index is 5.88. The average Bonchev–Trinajstić information content (AvgIpc) is 2.46. The molecule has 112 valence electrons. The Labute approximate surface area is 130 Å². The Morgan fingerprint density at radius 1 is 1.19 bits per heavy atom. The summed E-state index contributed by atoms with van der Waals surface area (Å²) in [6.07, 6.45) is 0.739. The Bertz CT molecular complexity index is 558. The van der Waals surface area contributed by atoms with Gasteiger partial charge in [-0.2, -0.15) is 0 Å². The molecule has 0 aliphatic rings. The van der Waals surface area contributed by atoms with Gasteiger partial charge in [0.05, 0.1) is 12.3 Å². The number of aryl methyl sites for hydroxylation is 1. The Morgan fingerprint density at radius 2 is 1.95 bits per heavy atom. The topological polar surface area (TPSA) is 48.1 Å². The molecule has 0 saturated heterocycles. The number of rotatable bonds is 7. The van der Waals surface area contributed by atoms with Crippen LogP contribution in [0.3, 0.4) is 0 Å². The number of nitrogens with zero attached hydrogens (tertiary/aromatic N) is 1. The molecular weight excluding hydrogens is 280 g/mol. The van der Waals surface area contributed by atoms with Gasteiger partial charge in [0.2, 0.25) is 0 Å². The van der Waals surface area contributed by atoms with E-state index in [0.29, 0.717) is 6.61 Å². The Kier molecular flexibility index (Phi) is 6.08. The van der Waals surface area contributed by atoms with Crippen molar-refractivity contribution in [2.24, 2.45) is 5.73 Å². The first-order valence-corrected chi connectivity index (χ1v) is 8.16. The van der Waals surface area contributed by atoms with Gasteiger partial charge in [0.25, 0.3) is 0 Å².